The number of benzene rings is 2. The molecule has 2 heterocycles. The molecule has 1 aromatic heterocycles. The summed E-state index contributed by atoms with van der Waals surface area (Å²) in [5.74, 6) is 1.12. The van der Waals surface area contributed by atoms with Gasteiger partial charge in [-0.3, -0.25) is 0 Å². The Hall–Kier alpha value is -3.57. The second kappa shape index (κ2) is 9.71. The van der Waals surface area contributed by atoms with Crippen LogP contribution in [0.4, 0.5) is 16.4 Å². The monoisotopic (exact) mass is 522 g/mol. The quantitative estimate of drug-likeness (QED) is 0.504. The van der Waals surface area contributed by atoms with Crippen LogP contribution in [-0.4, -0.2) is 67.0 Å². The Kier molecular flexibility index (Phi) is 6.59. The molecule has 194 valence electrons. The maximum Gasteiger partial charge on any atom is 0.319 e. The molecule has 3 aromatic rings. The lowest BCUT2D eigenvalue weighted by molar-refractivity contribution is 0.0634. The van der Waals surface area contributed by atoms with Gasteiger partial charge in [-0.2, -0.15) is 9.97 Å². The number of carbonyl (C=O) groups excluding carboxylic acids is 1. The molecule has 5 rings (SSSR count). The summed E-state index contributed by atoms with van der Waals surface area (Å²) in [5.41, 5.74) is 1.40. The van der Waals surface area contributed by atoms with Crippen LogP contribution < -0.4 is 15.5 Å². The van der Waals surface area contributed by atoms with E-state index in [1.807, 2.05) is 26.0 Å². The van der Waals surface area contributed by atoms with Crippen LogP contribution in [0.1, 0.15) is 26.7 Å². The largest absolute Gasteiger partial charge is 0.377 e. The maximum atomic E-state index is 12.5. The number of ether oxygens (including phenoxy) is 1. The molecular formula is C26H30N6O4S. The van der Waals surface area contributed by atoms with Crippen LogP contribution >= 0.6 is 0 Å². The molecule has 0 atom stereocenters. The number of nitrogens with zero attached hydrogens (tertiary/aromatic N) is 4. The fraction of sp³-hybridized carbons (Fsp3) is 0.385. The minimum Gasteiger partial charge on any atom is -0.377 e. The molecular weight excluding hydrogens is 492 g/mol. The van der Waals surface area contributed by atoms with Gasteiger partial charge in [0.05, 0.1) is 23.6 Å². The van der Waals surface area contributed by atoms with Gasteiger partial charge in [0.25, 0.3) is 0 Å². The first-order chi connectivity index (χ1) is 17.6. The Morgan fingerprint density at radius 3 is 2.41 bits per heavy atom. The molecule has 0 bridgehead atoms. The fourth-order valence-electron chi connectivity index (χ4n) is 4.22. The van der Waals surface area contributed by atoms with Crippen molar-refractivity contribution in [1.29, 1.82) is 0 Å². The van der Waals surface area contributed by atoms with Gasteiger partial charge in [-0.25, -0.2) is 18.2 Å². The zero-order valence-electron chi connectivity index (χ0n) is 21.1. The van der Waals surface area contributed by atoms with Gasteiger partial charge >= 0.3 is 6.03 Å². The molecule has 2 N–H and O–H groups in total. The summed E-state index contributed by atoms with van der Waals surface area (Å²) < 4.78 is 30.7. The first-order valence-corrected chi connectivity index (χ1v) is 14.1. The van der Waals surface area contributed by atoms with E-state index in [-0.39, 0.29) is 28.3 Å². The van der Waals surface area contributed by atoms with Crippen molar-refractivity contribution in [2.45, 2.75) is 43.2 Å². The predicted molar refractivity (Wildman–Crippen MR) is 141 cm³/mol. The second-order valence-corrected chi connectivity index (χ2v) is 12.0. The van der Waals surface area contributed by atoms with E-state index < -0.39 is 9.84 Å². The Balaban J connectivity index is 1.56. The Labute approximate surface area is 216 Å². The number of sulfone groups is 1. The van der Waals surface area contributed by atoms with Gasteiger partial charge in [-0.05, 0) is 63.1 Å². The van der Waals surface area contributed by atoms with E-state index in [1.165, 1.54) is 6.26 Å². The third-order valence-corrected chi connectivity index (χ3v) is 7.51. The third-order valence-electron chi connectivity index (χ3n) is 6.35. The van der Waals surface area contributed by atoms with E-state index in [0.29, 0.717) is 48.3 Å². The Morgan fingerprint density at radius 2 is 1.73 bits per heavy atom. The molecule has 37 heavy (non-hydrogen) atoms. The average molecular weight is 523 g/mol. The van der Waals surface area contributed by atoms with E-state index in [9.17, 15) is 13.2 Å². The van der Waals surface area contributed by atoms with Crippen molar-refractivity contribution in [2.75, 3.05) is 36.2 Å². The average Bonchev–Trinajstić information content (AvgIpc) is 3.67. The molecule has 10 nitrogen and oxygen atoms in total. The van der Waals surface area contributed by atoms with Crippen LogP contribution in [0.25, 0.3) is 22.8 Å². The lowest BCUT2D eigenvalue weighted by Gasteiger charge is -2.42. The molecule has 0 radical (unpaired) electrons. The van der Waals surface area contributed by atoms with Crippen molar-refractivity contribution in [3.63, 3.8) is 0 Å². The van der Waals surface area contributed by atoms with Gasteiger partial charge in [-0.1, -0.05) is 12.1 Å². The second-order valence-electron chi connectivity index (χ2n) is 10.0. The van der Waals surface area contributed by atoms with Gasteiger partial charge in [0.1, 0.15) is 0 Å². The van der Waals surface area contributed by atoms with Crippen molar-refractivity contribution < 1.29 is 17.9 Å². The summed E-state index contributed by atoms with van der Waals surface area (Å²) in [7, 11) is -3.52. The van der Waals surface area contributed by atoms with Gasteiger partial charge in [0.15, 0.2) is 21.5 Å². The number of carbonyl (C=O) groups is 1. The molecule has 1 aliphatic carbocycles. The number of hydrogen-bond donors (Lipinski definition) is 2. The minimum absolute atomic E-state index is 0.153. The van der Waals surface area contributed by atoms with Crippen molar-refractivity contribution in [3.05, 3.63) is 48.5 Å². The first kappa shape index (κ1) is 25.1. The minimum atomic E-state index is -3.52. The number of morpholine rings is 1. The molecule has 0 spiro atoms. The highest BCUT2D eigenvalue weighted by Gasteiger charge is 2.33. The number of urea groups is 1. The smallest absolute Gasteiger partial charge is 0.319 e. The first-order valence-electron chi connectivity index (χ1n) is 12.2. The van der Waals surface area contributed by atoms with E-state index >= 15 is 0 Å². The van der Waals surface area contributed by atoms with Gasteiger partial charge in [0, 0.05) is 35.7 Å². The summed E-state index contributed by atoms with van der Waals surface area (Å²) >= 11 is 0. The van der Waals surface area contributed by atoms with Gasteiger partial charge in [-0.15, -0.1) is 0 Å². The molecule has 2 amide bonds. The van der Waals surface area contributed by atoms with Crippen LogP contribution in [0.5, 0.6) is 0 Å². The van der Waals surface area contributed by atoms with Crippen molar-refractivity contribution in [2.24, 2.45) is 0 Å². The van der Waals surface area contributed by atoms with Crippen molar-refractivity contribution in [3.8, 4) is 22.8 Å². The molecule has 1 saturated heterocycles. The van der Waals surface area contributed by atoms with Crippen LogP contribution in [0.3, 0.4) is 0 Å². The highest BCUT2D eigenvalue weighted by atomic mass is 32.2. The predicted octanol–water partition coefficient (Wildman–Crippen LogP) is 3.51. The van der Waals surface area contributed by atoms with Crippen molar-refractivity contribution >= 4 is 27.5 Å². The van der Waals surface area contributed by atoms with Crippen LogP contribution in [0.15, 0.2) is 53.4 Å². The number of hydrogen-bond acceptors (Lipinski definition) is 8. The summed E-state index contributed by atoms with van der Waals surface area (Å²) in [6.07, 6.45) is 3.20. The van der Waals surface area contributed by atoms with Crippen LogP contribution in [0, 0.1) is 0 Å². The van der Waals surface area contributed by atoms with Crippen molar-refractivity contribution in [1.82, 2.24) is 20.3 Å². The standard InChI is InChI=1S/C26H30N6O4S/c1-26(2)16-36-15-14-32(26)24-30-22(17-8-10-18(11-9-17)27-25(33)28-19-12-13-19)29-23(31-24)20-6-4-5-7-21(20)37(3,34)35/h4-11,19H,12-16H2,1-3H3,(H2,27,28,33). The normalized spacial score (nSPS) is 17.3. The van der Waals surface area contributed by atoms with E-state index in [4.69, 9.17) is 14.7 Å². The number of anilines is 2. The van der Waals surface area contributed by atoms with Gasteiger partial charge in [0.2, 0.25) is 5.95 Å². The summed E-state index contributed by atoms with van der Waals surface area (Å²) in [4.78, 5) is 28.5. The number of aromatic nitrogens is 3. The topological polar surface area (TPSA) is 126 Å². The molecule has 1 aliphatic heterocycles. The highest BCUT2D eigenvalue weighted by molar-refractivity contribution is 7.90. The third kappa shape index (κ3) is 5.72. The van der Waals surface area contributed by atoms with E-state index in [2.05, 4.69) is 20.5 Å². The van der Waals surface area contributed by atoms with Crippen LogP contribution in [0.2, 0.25) is 0 Å². The summed E-state index contributed by atoms with van der Waals surface area (Å²) in [6.45, 7) is 5.72. The lowest BCUT2D eigenvalue weighted by atomic mass is 10.0. The van der Waals surface area contributed by atoms with E-state index in [0.717, 1.165) is 12.8 Å². The lowest BCUT2D eigenvalue weighted by Crippen LogP contribution is -2.54. The number of rotatable bonds is 6. The van der Waals surface area contributed by atoms with Gasteiger partial charge < -0.3 is 20.3 Å². The number of nitrogens with one attached hydrogen (secondary N) is 2. The number of amides is 2. The zero-order valence-corrected chi connectivity index (χ0v) is 21.9. The summed E-state index contributed by atoms with van der Waals surface area (Å²) in [6, 6.07) is 14.0. The molecule has 2 aliphatic rings. The SMILES string of the molecule is CC1(C)COCCN1c1nc(-c2ccc(NC(=O)NC3CC3)cc2)nc(-c2ccccc2S(C)(=O)=O)n1. The molecule has 2 aromatic carbocycles. The maximum absolute atomic E-state index is 12.5. The zero-order chi connectivity index (χ0) is 26.2. The van der Waals surface area contributed by atoms with Crippen LogP contribution in [-0.2, 0) is 14.6 Å². The fourth-order valence-corrected chi connectivity index (χ4v) is 5.11. The Morgan fingerprint density at radius 1 is 1.03 bits per heavy atom. The molecule has 0 unspecified atom stereocenters. The highest BCUT2D eigenvalue weighted by Crippen LogP contribution is 2.31. The molecule has 2 fully saturated rings. The Bertz CT molecular complexity index is 1420. The van der Waals surface area contributed by atoms with E-state index in [1.54, 1.807) is 36.4 Å². The molecule has 11 heteroatoms. The summed E-state index contributed by atoms with van der Waals surface area (Å²) in [5, 5.41) is 5.73. The molecule has 1 saturated carbocycles.